The van der Waals surface area contributed by atoms with Crippen LogP contribution < -0.4 is 10.6 Å². The molecule has 5 rings (SSSR count). The van der Waals surface area contributed by atoms with Crippen molar-refractivity contribution in [1.82, 2.24) is 19.8 Å². The Bertz CT molecular complexity index is 1590. The highest BCUT2D eigenvalue weighted by atomic mass is 32.1. The van der Waals surface area contributed by atoms with E-state index < -0.39 is 0 Å². The molecule has 0 unspecified atom stereocenters. The molecule has 2 aromatic carbocycles. The molecule has 7 heteroatoms. The Morgan fingerprint density at radius 3 is 2.54 bits per heavy atom. The summed E-state index contributed by atoms with van der Waals surface area (Å²) in [6, 6.07) is 20.6. The Morgan fingerprint density at radius 2 is 1.80 bits per heavy atom. The Hall–Kier alpha value is -3.97. The van der Waals surface area contributed by atoms with Crippen molar-refractivity contribution in [2.45, 2.75) is 66.5 Å². The van der Waals surface area contributed by atoms with Crippen molar-refractivity contribution >= 4 is 28.9 Å². The maximum Gasteiger partial charge on any atom is 0.226 e. The second-order valence-corrected chi connectivity index (χ2v) is 11.4. The SMILES string of the molecule is CCc1cccc(C)c1-n1c(C)cc([C@H]2[C@@H](c3ccccn3)NC(=S)N2CCC(=O)Nc2cc(C)ccc2C)c1C. The number of thiocarbonyl (C=S) groups is 1. The molecular formula is C34H39N5OS. The highest BCUT2D eigenvalue weighted by Gasteiger charge is 2.41. The van der Waals surface area contributed by atoms with E-state index in [-0.39, 0.29) is 18.0 Å². The highest BCUT2D eigenvalue weighted by molar-refractivity contribution is 7.80. The Balaban J connectivity index is 1.51. The van der Waals surface area contributed by atoms with E-state index in [0.29, 0.717) is 18.1 Å². The van der Waals surface area contributed by atoms with Gasteiger partial charge in [-0.1, -0.05) is 43.3 Å². The summed E-state index contributed by atoms with van der Waals surface area (Å²) >= 11 is 5.90. The topological polar surface area (TPSA) is 62.2 Å². The van der Waals surface area contributed by atoms with Gasteiger partial charge in [0.25, 0.3) is 0 Å². The first-order valence-corrected chi connectivity index (χ1v) is 14.7. The number of carbonyl (C=O) groups is 1. The van der Waals surface area contributed by atoms with Gasteiger partial charge in [-0.15, -0.1) is 0 Å². The number of para-hydroxylation sites is 1. The van der Waals surface area contributed by atoms with Crippen LogP contribution in [0, 0.1) is 34.6 Å². The van der Waals surface area contributed by atoms with Crippen molar-refractivity contribution in [1.29, 1.82) is 0 Å². The lowest BCUT2D eigenvalue weighted by molar-refractivity contribution is -0.116. The standard InChI is InChI=1S/C34H39N5OS/c1-7-26-12-10-11-23(4)32(26)39-24(5)20-27(25(39)6)33-31(28-13-8-9-17-35-28)37-34(41)38(33)18-16-30(40)36-29-19-21(2)14-15-22(29)3/h8-15,17,19-20,31,33H,7,16,18H2,1-6H3,(H,36,40)(H,37,41)/t31-,33+/m1/s1. The van der Waals surface area contributed by atoms with Gasteiger partial charge in [0.15, 0.2) is 5.11 Å². The lowest BCUT2D eigenvalue weighted by atomic mass is 9.96. The Kier molecular flexibility index (Phi) is 8.27. The van der Waals surface area contributed by atoms with Crippen LogP contribution in [0.2, 0.25) is 0 Å². The molecule has 1 aliphatic heterocycles. The molecule has 1 fully saturated rings. The molecule has 41 heavy (non-hydrogen) atoms. The van der Waals surface area contributed by atoms with E-state index in [1.807, 2.05) is 50.4 Å². The van der Waals surface area contributed by atoms with E-state index in [9.17, 15) is 4.79 Å². The average molecular weight is 566 g/mol. The van der Waals surface area contributed by atoms with Gasteiger partial charge in [0.05, 0.1) is 23.5 Å². The van der Waals surface area contributed by atoms with Gasteiger partial charge in [-0.25, -0.2) is 0 Å². The van der Waals surface area contributed by atoms with E-state index in [0.717, 1.165) is 28.9 Å². The number of anilines is 1. The van der Waals surface area contributed by atoms with Crippen LogP contribution in [0.1, 0.15) is 70.3 Å². The first kappa shape index (κ1) is 28.6. The molecule has 0 aliphatic carbocycles. The van der Waals surface area contributed by atoms with Crippen LogP contribution >= 0.6 is 12.2 Å². The van der Waals surface area contributed by atoms with Crippen LogP contribution in [0.25, 0.3) is 5.69 Å². The smallest absolute Gasteiger partial charge is 0.226 e. The fourth-order valence-electron chi connectivity index (χ4n) is 6.05. The van der Waals surface area contributed by atoms with Crippen molar-refractivity contribution in [2.24, 2.45) is 0 Å². The van der Waals surface area contributed by atoms with Crippen LogP contribution in [0.5, 0.6) is 0 Å². The number of hydrogen-bond donors (Lipinski definition) is 2. The summed E-state index contributed by atoms with van der Waals surface area (Å²) in [6.45, 7) is 13.3. The van der Waals surface area contributed by atoms with Gasteiger partial charge in [0, 0.05) is 36.2 Å². The number of benzene rings is 2. The predicted molar refractivity (Wildman–Crippen MR) is 171 cm³/mol. The molecule has 0 bridgehead atoms. The molecule has 4 aromatic rings. The number of carbonyl (C=O) groups excluding carboxylic acids is 1. The first-order chi connectivity index (χ1) is 19.7. The minimum absolute atomic E-state index is 0.0282. The highest BCUT2D eigenvalue weighted by Crippen LogP contribution is 2.42. The van der Waals surface area contributed by atoms with Gasteiger partial charge in [0.1, 0.15) is 0 Å². The molecule has 0 spiro atoms. The molecule has 212 valence electrons. The minimum atomic E-state index is -0.137. The largest absolute Gasteiger partial charge is 0.352 e. The first-order valence-electron chi connectivity index (χ1n) is 14.3. The number of amides is 1. The van der Waals surface area contributed by atoms with Gasteiger partial charge < -0.3 is 20.1 Å². The minimum Gasteiger partial charge on any atom is -0.352 e. The third kappa shape index (κ3) is 5.64. The fraction of sp³-hybridized carbons (Fsp3) is 0.324. The zero-order valence-corrected chi connectivity index (χ0v) is 25.6. The zero-order valence-electron chi connectivity index (χ0n) is 24.8. The summed E-state index contributed by atoms with van der Waals surface area (Å²) in [7, 11) is 0. The monoisotopic (exact) mass is 565 g/mol. The summed E-state index contributed by atoms with van der Waals surface area (Å²) in [4.78, 5) is 20.0. The maximum absolute atomic E-state index is 13.1. The number of hydrogen-bond acceptors (Lipinski definition) is 3. The van der Waals surface area contributed by atoms with E-state index >= 15 is 0 Å². The normalized spacial score (nSPS) is 16.6. The summed E-state index contributed by atoms with van der Waals surface area (Å²) in [5.41, 5.74) is 11.3. The molecule has 2 aromatic heterocycles. The molecule has 0 saturated carbocycles. The maximum atomic E-state index is 13.1. The Morgan fingerprint density at radius 1 is 1.00 bits per heavy atom. The van der Waals surface area contributed by atoms with E-state index in [2.05, 4.69) is 78.1 Å². The van der Waals surface area contributed by atoms with Gasteiger partial charge in [0.2, 0.25) is 5.91 Å². The Labute approximate surface area is 248 Å². The summed E-state index contributed by atoms with van der Waals surface area (Å²) < 4.78 is 2.38. The lowest BCUT2D eigenvalue weighted by Gasteiger charge is -2.28. The van der Waals surface area contributed by atoms with Gasteiger partial charge >= 0.3 is 0 Å². The second-order valence-electron chi connectivity index (χ2n) is 11.0. The molecule has 6 nitrogen and oxygen atoms in total. The van der Waals surface area contributed by atoms with Crippen LogP contribution in [-0.4, -0.2) is 32.0 Å². The van der Waals surface area contributed by atoms with Gasteiger partial charge in [-0.05, 0) is 105 Å². The molecular weight excluding hydrogens is 526 g/mol. The number of nitrogens with one attached hydrogen (secondary N) is 2. The molecule has 0 radical (unpaired) electrons. The van der Waals surface area contributed by atoms with Gasteiger partial charge in [-0.3, -0.25) is 9.78 Å². The van der Waals surface area contributed by atoms with Crippen LogP contribution in [-0.2, 0) is 11.2 Å². The number of aromatic nitrogens is 2. The van der Waals surface area contributed by atoms with E-state index in [1.165, 1.54) is 33.8 Å². The summed E-state index contributed by atoms with van der Waals surface area (Å²) in [5.74, 6) is -0.0282. The van der Waals surface area contributed by atoms with Gasteiger partial charge in [-0.2, -0.15) is 0 Å². The van der Waals surface area contributed by atoms with E-state index in [1.54, 1.807) is 0 Å². The number of pyridine rings is 1. The molecule has 2 N–H and O–H groups in total. The third-order valence-corrected chi connectivity index (χ3v) is 8.51. The molecule has 1 amide bonds. The van der Waals surface area contributed by atoms with Crippen LogP contribution in [0.3, 0.4) is 0 Å². The second kappa shape index (κ2) is 11.9. The predicted octanol–water partition coefficient (Wildman–Crippen LogP) is 6.98. The van der Waals surface area contributed by atoms with E-state index in [4.69, 9.17) is 17.2 Å². The molecule has 1 aliphatic rings. The number of nitrogens with zero attached hydrogens (tertiary/aromatic N) is 3. The number of aryl methyl sites for hydroxylation is 5. The van der Waals surface area contributed by atoms with Crippen LogP contribution in [0.15, 0.2) is 66.9 Å². The van der Waals surface area contributed by atoms with Crippen LogP contribution in [0.4, 0.5) is 5.69 Å². The van der Waals surface area contributed by atoms with Crippen molar-refractivity contribution in [3.8, 4) is 5.69 Å². The third-order valence-electron chi connectivity index (χ3n) is 8.16. The quantitative estimate of drug-likeness (QED) is 0.226. The summed E-state index contributed by atoms with van der Waals surface area (Å²) in [5, 5.41) is 7.29. The lowest BCUT2D eigenvalue weighted by Crippen LogP contribution is -2.33. The summed E-state index contributed by atoms with van der Waals surface area (Å²) in [6.07, 6.45) is 3.09. The van der Waals surface area contributed by atoms with Crippen molar-refractivity contribution in [3.05, 3.63) is 112 Å². The molecule has 1 saturated heterocycles. The average Bonchev–Trinajstić information content (AvgIpc) is 3.44. The van der Waals surface area contributed by atoms with Crippen molar-refractivity contribution < 1.29 is 4.79 Å². The van der Waals surface area contributed by atoms with Crippen molar-refractivity contribution in [3.63, 3.8) is 0 Å². The molecule has 2 atom stereocenters. The zero-order chi connectivity index (χ0) is 29.3. The van der Waals surface area contributed by atoms with Crippen molar-refractivity contribution in [2.75, 3.05) is 11.9 Å². The molecule has 3 heterocycles. The fourth-order valence-corrected chi connectivity index (χ4v) is 6.38. The number of rotatable bonds is 8.